The van der Waals surface area contributed by atoms with E-state index >= 15 is 0 Å². The van der Waals surface area contributed by atoms with Gasteiger partial charge in [-0.3, -0.25) is 4.90 Å². The molecule has 0 aromatic heterocycles. The maximum Gasteiger partial charge on any atom is 0.214 e. The summed E-state index contributed by atoms with van der Waals surface area (Å²) in [6.07, 6.45) is 0.546. The van der Waals surface area contributed by atoms with Gasteiger partial charge in [-0.05, 0) is 26.4 Å². The van der Waals surface area contributed by atoms with Crippen LogP contribution in [0, 0.1) is 0 Å². The van der Waals surface area contributed by atoms with E-state index in [0.717, 1.165) is 13.1 Å². The number of hydrogen-bond donors (Lipinski definition) is 1. The Morgan fingerprint density at radius 3 is 2.56 bits per heavy atom. The third-order valence-corrected chi connectivity index (χ3v) is 5.06. The van der Waals surface area contributed by atoms with Gasteiger partial charge in [0.2, 0.25) is 10.0 Å². The van der Waals surface area contributed by atoms with Crippen LogP contribution >= 0.6 is 0 Å². The Morgan fingerprint density at radius 1 is 1.38 bits per heavy atom. The summed E-state index contributed by atoms with van der Waals surface area (Å²) in [7, 11) is -3.08. The highest BCUT2D eigenvalue weighted by Gasteiger charge is 2.29. The molecule has 0 radical (unpaired) electrons. The van der Waals surface area contributed by atoms with Gasteiger partial charge in [0.1, 0.15) is 0 Å². The summed E-state index contributed by atoms with van der Waals surface area (Å²) in [4.78, 5) is 2.30. The average Bonchev–Trinajstić information content (AvgIpc) is 2.26. The molecule has 0 bridgehead atoms. The molecule has 0 amide bonds. The second-order valence-corrected chi connectivity index (χ2v) is 6.38. The molecule has 0 aromatic carbocycles. The molecule has 1 unspecified atom stereocenters. The van der Waals surface area contributed by atoms with Gasteiger partial charge in [0.15, 0.2) is 0 Å². The number of rotatable bonds is 5. The summed E-state index contributed by atoms with van der Waals surface area (Å²) in [5.41, 5.74) is 5.34. The van der Waals surface area contributed by atoms with Gasteiger partial charge in [-0.25, -0.2) is 8.42 Å². The lowest BCUT2D eigenvalue weighted by Gasteiger charge is -2.38. The van der Waals surface area contributed by atoms with Gasteiger partial charge < -0.3 is 5.73 Å². The van der Waals surface area contributed by atoms with E-state index in [4.69, 9.17) is 5.73 Å². The summed E-state index contributed by atoms with van der Waals surface area (Å²) < 4.78 is 25.5. The number of piperazine rings is 1. The largest absolute Gasteiger partial charge is 0.330 e. The summed E-state index contributed by atoms with van der Waals surface area (Å²) in [6.45, 7) is 7.66. The molecule has 0 aromatic rings. The Balaban J connectivity index is 2.56. The van der Waals surface area contributed by atoms with Gasteiger partial charge in [0.25, 0.3) is 0 Å². The fourth-order valence-corrected chi connectivity index (χ4v) is 3.67. The Bertz CT molecular complexity index is 305. The standard InChI is InChI=1S/C10H23N3O2S/c1-3-12-6-7-13(9-10(12)2)16(14,15)8-4-5-11/h10H,3-9,11H2,1-2H3. The number of likely N-dealkylation sites (N-methyl/N-ethyl adjacent to an activating group) is 1. The van der Waals surface area contributed by atoms with Crippen molar-refractivity contribution in [2.24, 2.45) is 5.73 Å². The van der Waals surface area contributed by atoms with Crippen LogP contribution in [0.25, 0.3) is 0 Å². The van der Waals surface area contributed by atoms with Gasteiger partial charge >= 0.3 is 0 Å². The zero-order valence-corrected chi connectivity index (χ0v) is 11.0. The molecular weight excluding hydrogens is 226 g/mol. The molecule has 1 rings (SSSR count). The highest BCUT2D eigenvalue weighted by molar-refractivity contribution is 7.89. The smallest absolute Gasteiger partial charge is 0.214 e. The van der Waals surface area contributed by atoms with Crippen LogP contribution in [-0.2, 0) is 10.0 Å². The predicted molar refractivity (Wildman–Crippen MR) is 65.7 cm³/mol. The Kier molecular flexibility index (Phi) is 5.17. The fraction of sp³-hybridized carbons (Fsp3) is 1.00. The molecular formula is C10H23N3O2S. The predicted octanol–water partition coefficient (Wildman–Crippen LogP) is -0.309. The number of sulfonamides is 1. The molecule has 0 spiro atoms. The first-order chi connectivity index (χ1) is 7.51. The van der Waals surface area contributed by atoms with E-state index < -0.39 is 10.0 Å². The average molecular weight is 249 g/mol. The molecule has 0 saturated carbocycles. The molecule has 1 heterocycles. The molecule has 5 nitrogen and oxygen atoms in total. The summed E-state index contributed by atoms with van der Waals surface area (Å²) in [5.74, 6) is 0.183. The highest BCUT2D eigenvalue weighted by Crippen LogP contribution is 2.13. The zero-order valence-electron chi connectivity index (χ0n) is 10.2. The first-order valence-corrected chi connectivity index (χ1v) is 7.54. The van der Waals surface area contributed by atoms with E-state index in [1.54, 1.807) is 4.31 Å². The van der Waals surface area contributed by atoms with E-state index in [1.807, 2.05) is 0 Å². The molecule has 16 heavy (non-hydrogen) atoms. The van der Waals surface area contributed by atoms with E-state index in [1.165, 1.54) is 0 Å². The minimum absolute atomic E-state index is 0.183. The molecule has 6 heteroatoms. The Labute approximate surface area is 98.6 Å². The van der Waals surface area contributed by atoms with E-state index in [0.29, 0.717) is 32.1 Å². The SMILES string of the molecule is CCN1CCN(S(=O)(=O)CCCN)CC1C. The second kappa shape index (κ2) is 5.95. The molecule has 2 N–H and O–H groups in total. The first-order valence-electron chi connectivity index (χ1n) is 5.93. The lowest BCUT2D eigenvalue weighted by Crippen LogP contribution is -2.53. The van der Waals surface area contributed by atoms with Gasteiger partial charge in [0.05, 0.1) is 5.75 Å². The number of nitrogens with zero attached hydrogens (tertiary/aromatic N) is 2. The van der Waals surface area contributed by atoms with Crippen LogP contribution < -0.4 is 5.73 Å². The fourth-order valence-electron chi connectivity index (χ4n) is 2.08. The van der Waals surface area contributed by atoms with Crippen molar-refractivity contribution in [1.29, 1.82) is 0 Å². The minimum atomic E-state index is -3.08. The summed E-state index contributed by atoms with van der Waals surface area (Å²) >= 11 is 0. The molecule has 1 atom stereocenters. The van der Waals surface area contributed by atoms with Crippen LogP contribution in [0.4, 0.5) is 0 Å². The topological polar surface area (TPSA) is 66.6 Å². The van der Waals surface area contributed by atoms with Crippen LogP contribution in [-0.4, -0.2) is 62.1 Å². The van der Waals surface area contributed by atoms with Crippen molar-refractivity contribution in [2.45, 2.75) is 26.3 Å². The molecule has 1 aliphatic heterocycles. The monoisotopic (exact) mass is 249 g/mol. The lowest BCUT2D eigenvalue weighted by atomic mass is 10.2. The molecule has 1 aliphatic rings. The van der Waals surface area contributed by atoms with E-state index in [2.05, 4.69) is 18.7 Å². The summed E-state index contributed by atoms with van der Waals surface area (Å²) in [5, 5.41) is 0. The van der Waals surface area contributed by atoms with Gasteiger partial charge in [0, 0.05) is 25.7 Å². The van der Waals surface area contributed by atoms with Gasteiger partial charge in [-0.15, -0.1) is 0 Å². The van der Waals surface area contributed by atoms with Crippen molar-refractivity contribution >= 4 is 10.0 Å². The van der Waals surface area contributed by atoms with Crippen LogP contribution in [0.5, 0.6) is 0 Å². The van der Waals surface area contributed by atoms with Crippen molar-refractivity contribution in [1.82, 2.24) is 9.21 Å². The maximum atomic E-state index is 11.9. The minimum Gasteiger partial charge on any atom is -0.330 e. The van der Waals surface area contributed by atoms with Crippen LogP contribution in [0.3, 0.4) is 0 Å². The lowest BCUT2D eigenvalue weighted by molar-refractivity contribution is 0.135. The summed E-state index contributed by atoms with van der Waals surface area (Å²) in [6, 6.07) is 0.311. The Morgan fingerprint density at radius 2 is 2.06 bits per heavy atom. The van der Waals surface area contributed by atoms with Crippen molar-refractivity contribution in [3.63, 3.8) is 0 Å². The normalized spacial score (nSPS) is 24.8. The van der Waals surface area contributed by atoms with E-state index in [-0.39, 0.29) is 5.75 Å². The number of hydrogen-bond acceptors (Lipinski definition) is 4. The molecule has 96 valence electrons. The van der Waals surface area contributed by atoms with Crippen molar-refractivity contribution in [3.05, 3.63) is 0 Å². The highest BCUT2D eigenvalue weighted by atomic mass is 32.2. The Hall–Kier alpha value is -0.170. The first kappa shape index (κ1) is 13.9. The quantitative estimate of drug-likeness (QED) is 0.726. The van der Waals surface area contributed by atoms with Gasteiger partial charge in [-0.1, -0.05) is 6.92 Å². The molecule has 0 aliphatic carbocycles. The van der Waals surface area contributed by atoms with E-state index in [9.17, 15) is 8.42 Å². The second-order valence-electron chi connectivity index (χ2n) is 4.29. The van der Waals surface area contributed by atoms with Crippen LogP contribution in [0.15, 0.2) is 0 Å². The molecule has 1 fully saturated rings. The zero-order chi connectivity index (χ0) is 12.2. The number of nitrogens with two attached hydrogens (primary N) is 1. The maximum absolute atomic E-state index is 11.9. The van der Waals surface area contributed by atoms with Crippen LogP contribution in [0.1, 0.15) is 20.3 Å². The van der Waals surface area contributed by atoms with Gasteiger partial charge in [-0.2, -0.15) is 4.31 Å². The van der Waals surface area contributed by atoms with Crippen molar-refractivity contribution in [2.75, 3.05) is 38.5 Å². The van der Waals surface area contributed by atoms with Crippen LogP contribution in [0.2, 0.25) is 0 Å². The third kappa shape index (κ3) is 3.41. The van der Waals surface area contributed by atoms with Crippen molar-refractivity contribution < 1.29 is 8.42 Å². The molecule has 1 saturated heterocycles. The third-order valence-electron chi connectivity index (χ3n) is 3.13. The van der Waals surface area contributed by atoms with Crippen molar-refractivity contribution in [3.8, 4) is 0 Å².